The number of rotatable bonds is 9. The van der Waals surface area contributed by atoms with Crippen LogP contribution < -0.4 is 21.3 Å². The van der Waals surface area contributed by atoms with Gasteiger partial charge in [-0.05, 0) is 12.1 Å². The van der Waals surface area contributed by atoms with E-state index in [0.29, 0.717) is 24.5 Å². The summed E-state index contributed by atoms with van der Waals surface area (Å²) in [4.78, 5) is 20.9. The number of benzene rings is 2. The van der Waals surface area contributed by atoms with Gasteiger partial charge in [0.2, 0.25) is 0 Å². The second-order valence-corrected chi connectivity index (χ2v) is 5.33. The zero-order valence-corrected chi connectivity index (χ0v) is 14.4. The molecule has 0 aliphatic heterocycles. The molecule has 26 heavy (non-hydrogen) atoms. The van der Waals surface area contributed by atoms with Crippen molar-refractivity contribution in [1.82, 2.24) is 0 Å². The minimum atomic E-state index is -0.453. The van der Waals surface area contributed by atoms with Crippen molar-refractivity contribution in [1.29, 1.82) is 0 Å². The highest BCUT2D eigenvalue weighted by atomic mass is 16.6. The number of nitrogens with zero attached hydrogens (tertiary/aromatic N) is 2. The molecule has 0 spiro atoms. The fraction of sp³-hybridized carbons (Fsp3) is 0.250. The molecule has 0 atom stereocenters. The topological polar surface area (TPSA) is 134 Å². The van der Waals surface area contributed by atoms with E-state index in [1.807, 2.05) is 0 Å². The Morgan fingerprint density at radius 1 is 0.731 bits per heavy atom. The number of anilines is 4. The monoisotopic (exact) mass is 360 g/mol. The van der Waals surface area contributed by atoms with Gasteiger partial charge in [-0.25, -0.2) is 0 Å². The summed E-state index contributed by atoms with van der Waals surface area (Å²) in [6.45, 7) is 0.920. The van der Waals surface area contributed by atoms with Gasteiger partial charge in [-0.2, -0.15) is 0 Å². The van der Waals surface area contributed by atoms with E-state index in [9.17, 15) is 20.2 Å². The van der Waals surface area contributed by atoms with E-state index in [1.165, 1.54) is 24.3 Å². The Labute approximate surface area is 149 Å². The van der Waals surface area contributed by atoms with E-state index in [0.717, 1.165) is 11.4 Å². The quantitative estimate of drug-likeness (QED) is 0.304. The molecule has 0 heterocycles. The summed E-state index contributed by atoms with van der Waals surface area (Å²) in [5.74, 6) is 0. The molecule has 10 heteroatoms. The molecule has 0 bridgehead atoms. The SMILES string of the molecule is CNc1ccc([N+](=O)[O-])cc1NCCNc1cc([N+](=O)[O-])ccc1NC. The summed E-state index contributed by atoms with van der Waals surface area (Å²) in [7, 11) is 3.46. The summed E-state index contributed by atoms with van der Waals surface area (Å²) < 4.78 is 0. The Kier molecular flexibility index (Phi) is 6.15. The maximum atomic E-state index is 10.9. The Bertz CT molecular complexity index is 744. The minimum absolute atomic E-state index is 0.00406. The van der Waals surface area contributed by atoms with Crippen LogP contribution in [0.4, 0.5) is 34.1 Å². The van der Waals surface area contributed by atoms with Crippen molar-refractivity contribution in [3.05, 3.63) is 56.6 Å². The maximum Gasteiger partial charge on any atom is 0.271 e. The van der Waals surface area contributed by atoms with Crippen LogP contribution in [0.2, 0.25) is 0 Å². The molecule has 0 aromatic heterocycles. The van der Waals surface area contributed by atoms with E-state index in [1.54, 1.807) is 26.2 Å². The predicted molar refractivity (Wildman–Crippen MR) is 102 cm³/mol. The van der Waals surface area contributed by atoms with Gasteiger partial charge < -0.3 is 21.3 Å². The van der Waals surface area contributed by atoms with Crippen LogP contribution in [0.15, 0.2) is 36.4 Å². The molecule has 0 fully saturated rings. The van der Waals surface area contributed by atoms with Crippen LogP contribution >= 0.6 is 0 Å². The number of nitro benzene ring substituents is 2. The lowest BCUT2D eigenvalue weighted by Crippen LogP contribution is -2.15. The number of hydrogen-bond donors (Lipinski definition) is 4. The molecule has 2 aromatic carbocycles. The van der Waals surface area contributed by atoms with Gasteiger partial charge in [-0.1, -0.05) is 0 Å². The van der Waals surface area contributed by atoms with Gasteiger partial charge in [-0.15, -0.1) is 0 Å². The first-order valence-electron chi connectivity index (χ1n) is 7.86. The molecule has 0 aliphatic rings. The zero-order chi connectivity index (χ0) is 19.1. The van der Waals surface area contributed by atoms with Crippen LogP contribution in [0.1, 0.15) is 0 Å². The number of nitrogens with one attached hydrogen (secondary N) is 4. The van der Waals surface area contributed by atoms with Crippen LogP contribution in [0.3, 0.4) is 0 Å². The fourth-order valence-corrected chi connectivity index (χ4v) is 2.41. The first-order valence-corrected chi connectivity index (χ1v) is 7.86. The second-order valence-electron chi connectivity index (χ2n) is 5.33. The molecule has 0 saturated heterocycles. The zero-order valence-electron chi connectivity index (χ0n) is 14.4. The Hall–Kier alpha value is -3.56. The molecule has 138 valence electrons. The lowest BCUT2D eigenvalue weighted by Gasteiger charge is -2.14. The molecule has 0 amide bonds. The smallest absolute Gasteiger partial charge is 0.271 e. The maximum absolute atomic E-state index is 10.9. The van der Waals surface area contributed by atoms with Gasteiger partial charge in [0.25, 0.3) is 11.4 Å². The number of hydrogen-bond acceptors (Lipinski definition) is 8. The molecule has 2 rings (SSSR count). The highest BCUT2D eigenvalue weighted by Gasteiger charge is 2.11. The van der Waals surface area contributed by atoms with Crippen molar-refractivity contribution in [3.63, 3.8) is 0 Å². The van der Waals surface area contributed by atoms with Crippen LogP contribution in [0.5, 0.6) is 0 Å². The summed E-state index contributed by atoms with van der Waals surface area (Å²) >= 11 is 0. The molecule has 0 radical (unpaired) electrons. The Morgan fingerprint density at radius 3 is 1.42 bits per heavy atom. The number of non-ortho nitro benzene ring substituents is 2. The molecule has 0 aliphatic carbocycles. The fourth-order valence-electron chi connectivity index (χ4n) is 2.41. The summed E-state index contributed by atoms with van der Waals surface area (Å²) in [6.07, 6.45) is 0. The van der Waals surface area contributed by atoms with Crippen molar-refractivity contribution in [2.75, 3.05) is 48.5 Å². The molecule has 10 nitrogen and oxygen atoms in total. The van der Waals surface area contributed by atoms with E-state index in [4.69, 9.17) is 0 Å². The Morgan fingerprint density at radius 2 is 1.12 bits per heavy atom. The van der Waals surface area contributed by atoms with Gasteiger partial charge in [0, 0.05) is 51.5 Å². The standard InChI is InChI=1S/C16H20N6O4/c1-17-13-5-3-11(21(23)24)9-15(13)19-7-8-20-16-10-12(22(25)26)4-6-14(16)18-2/h3-6,9-10,17-20H,7-8H2,1-2H3. The lowest BCUT2D eigenvalue weighted by molar-refractivity contribution is -0.385. The van der Waals surface area contributed by atoms with Crippen molar-refractivity contribution < 1.29 is 9.85 Å². The third-order valence-corrected chi connectivity index (χ3v) is 3.72. The Balaban J connectivity index is 2.03. The first-order chi connectivity index (χ1) is 12.5. The largest absolute Gasteiger partial charge is 0.386 e. The van der Waals surface area contributed by atoms with Crippen molar-refractivity contribution in [3.8, 4) is 0 Å². The first kappa shape index (κ1) is 18.8. The predicted octanol–water partition coefficient (Wildman–Crippen LogP) is 3.11. The molecule has 4 N–H and O–H groups in total. The summed E-state index contributed by atoms with van der Waals surface area (Å²) in [5, 5.41) is 34.0. The van der Waals surface area contributed by atoms with Crippen molar-refractivity contribution >= 4 is 34.1 Å². The summed E-state index contributed by atoms with van der Waals surface area (Å²) in [5.41, 5.74) is 2.68. The van der Waals surface area contributed by atoms with Crippen molar-refractivity contribution in [2.24, 2.45) is 0 Å². The molecular formula is C16H20N6O4. The lowest BCUT2D eigenvalue weighted by atomic mass is 10.2. The van der Waals surface area contributed by atoms with E-state index >= 15 is 0 Å². The van der Waals surface area contributed by atoms with Crippen molar-refractivity contribution in [2.45, 2.75) is 0 Å². The molecule has 0 saturated carbocycles. The molecule has 2 aromatic rings. The minimum Gasteiger partial charge on any atom is -0.386 e. The average molecular weight is 360 g/mol. The highest BCUT2D eigenvalue weighted by Crippen LogP contribution is 2.28. The normalized spacial score (nSPS) is 10.1. The number of nitro groups is 2. The van der Waals surface area contributed by atoms with Crippen LogP contribution in [-0.2, 0) is 0 Å². The average Bonchev–Trinajstić information content (AvgIpc) is 2.64. The second kappa shape index (κ2) is 8.51. The van der Waals surface area contributed by atoms with E-state index in [-0.39, 0.29) is 11.4 Å². The van der Waals surface area contributed by atoms with E-state index in [2.05, 4.69) is 21.3 Å². The van der Waals surface area contributed by atoms with Crippen LogP contribution in [-0.4, -0.2) is 37.0 Å². The van der Waals surface area contributed by atoms with Crippen LogP contribution in [0, 0.1) is 20.2 Å². The van der Waals surface area contributed by atoms with E-state index < -0.39 is 9.85 Å². The van der Waals surface area contributed by atoms with Gasteiger partial charge in [-0.3, -0.25) is 20.2 Å². The van der Waals surface area contributed by atoms with Crippen LogP contribution in [0.25, 0.3) is 0 Å². The van der Waals surface area contributed by atoms with Gasteiger partial charge in [0.15, 0.2) is 0 Å². The van der Waals surface area contributed by atoms with Gasteiger partial charge in [0.05, 0.1) is 32.6 Å². The van der Waals surface area contributed by atoms with Gasteiger partial charge in [0.1, 0.15) is 0 Å². The third kappa shape index (κ3) is 4.50. The summed E-state index contributed by atoms with van der Waals surface area (Å²) in [6, 6.07) is 9.03. The van der Waals surface area contributed by atoms with Gasteiger partial charge >= 0.3 is 0 Å². The third-order valence-electron chi connectivity index (χ3n) is 3.72. The highest BCUT2D eigenvalue weighted by molar-refractivity contribution is 5.73. The molecular weight excluding hydrogens is 340 g/mol. The molecule has 0 unspecified atom stereocenters.